The van der Waals surface area contributed by atoms with Crippen molar-refractivity contribution in [2.45, 2.75) is 44.7 Å². The van der Waals surface area contributed by atoms with Crippen LogP contribution in [0.25, 0.3) is 0 Å². The van der Waals surface area contributed by atoms with E-state index in [1.54, 1.807) is 67.6 Å². The van der Waals surface area contributed by atoms with Gasteiger partial charge in [0.2, 0.25) is 11.8 Å². The third-order valence-electron chi connectivity index (χ3n) is 6.99. The molecule has 0 fully saturated rings. The average Bonchev–Trinajstić information content (AvgIpc) is 3.02. The van der Waals surface area contributed by atoms with Crippen LogP contribution in [0.1, 0.15) is 31.4 Å². The van der Waals surface area contributed by atoms with Gasteiger partial charge in [-0.15, -0.1) is 0 Å². The van der Waals surface area contributed by atoms with Crippen LogP contribution in [-0.2, 0) is 26.2 Å². The number of likely N-dealkylation sites (N-methyl/N-ethyl adjacent to an activating group) is 1. The first-order valence-electron chi connectivity index (χ1n) is 14.4. The molecular formula is C34H36ClN3O5S. The number of hydrogen-bond donors (Lipinski definition) is 1. The maximum Gasteiger partial charge on any atom is 0.264 e. The fourth-order valence-electron chi connectivity index (χ4n) is 4.67. The normalized spacial score (nSPS) is 11.8. The summed E-state index contributed by atoms with van der Waals surface area (Å²) in [6.45, 7) is 5.44. The van der Waals surface area contributed by atoms with Gasteiger partial charge >= 0.3 is 0 Å². The van der Waals surface area contributed by atoms with Crippen LogP contribution >= 0.6 is 11.6 Å². The molecule has 0 aliphatic heterocycles. The molecule has 0 aliphatic carbocycles. The van der Waals surface area contributed by atoms with Crippen molar-refractivity contribution in [3.05, 3.63) is 119 Å². The van der Waals surface area contributed by atoms with Gasteiger partial charge in [-0.05, 0) is 86.5 Å². The second-order valence-corrected chi connectivity index (χ2v) is 12.5. The molecule has 230 valence electrons. The van der Waals surface area contributed by atoms with E-state index in [2.05, 4.69) is 5.32 Å². The first-order valence-corrected chi connectivity index (χ1v) is 16.2. The summed E-state index contributed by atoms with van der Waals surface area (Å²) in [5.74, 6) is 0.296. The van der Waals surface area contributed by atoms with Gasteiger partial charge in [-0.1, -0.05) is 66.6 Å². The zero-order valence-corrected chi connectivity index (χ0v) is 26.5. The standard InChI is InChI=1S/C34H36ClN3O5S/c1-4-32(34(40)36-5-2)37(23-26-13-15-27(35)16-14-26)33(39)24-38(44(41,42)31-21-11-25(3)12-22-31)28-17-19-30(20-18-28)43-29-9-7-6-8-10-29/h6-22,32H,4-5,23-24H2,1-3H3,(H,36,40). The molecule has 0 heterocycles. The largest absolute Gasteiger partial charge is 0.457 e. The van der Waals surface area contributed by atoms with E-state index in [0.29, 0.717) is 29.5 Å². The number of para-hydroxylation sites is 1. The quantitative estimate of drug-likeness (QED) is 0.179. The highest BCUT2D eigenvalue weighted by Gasteiger charge is 2.33. The molecule has 0 aromatic heterocycles. The van der Waals surface area contributed by atoms with E-state index in [1.165, 1.54) is 17.0 Å². The van der Waals surface area contributed by atoms with Crippen molar-refractivity contribution >= 4 is 39.1 Å². The Morgan fingerprint density at radius 2 is 1.45 bits per heavy atom. The van der Waals surface area contributed by atoms with Gasteiger partial charge in [0, 0.05) is 18.1 Å². The van der Waals surface area contributed by atoms with Crippen LogP contribution < -0.4 is 14.4 Å². The number of hydrogen-bond acceptors (Lipinski definition) is 5. The minimum Gasteiger partial charge on any atom is -0.457 e. The number of anilines is 1. The molecule has 0 saturated carbocycles. The van der Waals surface area contributed by atoms with Gasteiger partial charge in [-0.2, -0.15) is 0 Å². The van der Waals surface area contributed by atoms with Crippen LogP contribution in [-0.4, -0.2) is 44.3 Å². The molecule has 1 N–H and O–H groups in total. The predicted molar refractivity (Wildman–Crippen MR) is 173 cm³/mol. The van der Waals surface area contributed by atoms with Crippen LogP contribution in [0, 0.1) is 6.92 Å². The molecule has 0 radical (unpaired) electrons. The number of nitrogens with zero attached hydrogens (tertiary/aromatic N) is 2. The zero-order valence-electron chi connectivity index (χ0n) is 24.9. The molecule has 0 spiro atoms. The van der Waals surface area contributed by atoms with E-state index in [9.17, 15) is 18.0 Å². The van der Waals surface area contributed by atoms with E-state index in [0.717, 1.165) is 15.4 Å². The van der Waals surface area contributed by atoms with Crippen molar-refractivity contribution in [1.29, 1.82) is 0 Å². The number of sulfonamides is 1. The summed E-state index contributed by atoms with van der Waals surface area (Å²) in [5, 5.41) is 3.34. The SMILES string of the molecule is CCNC(=O)C(CC)N(Cc1ccc(Cl)cc1)C(=O)CN(c1ccc(Oc2ccccc2)cc1)S(=O)(=O)c1ccc(C)cc1. The number of carbonyl (C=O) groups excluding carboxylic acids is 2. The highest BCUT2D eigenvalue weighted by molar-refractivity contribution is 7.92. The number of amides is 2. The Labute approximate surface area is 264 Å². The summed E-state index contributed by atoms with van der Waals surface area (Å²) < 4.78 is 35.1. The minimum atomic E-state index is -4.19. The fourth-order valence-corrected chi connectivity index (χ4v) is 6.21. The summed E-state index contributed by atoms with van der Waals surface area (Å²) in [4.78, 5) is 28.7. The maximum atomic E-state index is 14.1. The zero-order chi connectivity index (χ0) is 31.7. The Kier molecular flexibility index (Phi) is 11.0. The highest BCUT2D eigenvalue weighted by Crippen LogP contribution is 2.29. The molecule has 1 unspecified atom stereocenters. The Bertz CT molecular complexity index is 1650. The monoisotopic (exact) mass is 633 g/mol. The molecule has 0 saturated heterocycles. The van der Waals surface area contributed by atoms with Gasteiger partial charge < -0.3 is 15.0 Å². The lowest BCUT2D eigenvalue weighted by molar-refractivity contribution is -0.140. The maximum absolute atomic E-state index is 14.1. The summed E-state index contributed by atoms with van der Waals surface area (Å²) in [6, 6.07) is 28.3. The first kappa shape index (κ1) is 32.6. The van der Waals surface area contributed by atoms with Crippen LogP contribution in [0.15, 0.2) is 108 Å². The number of carbonyl (C=O) groups is 2. The molecule has 44 heavy (non-hydrogen) atoms. The van der Waals surface area contributed by atoms with Crippen molar-refractivity contribution < 1.29 is 22.7 Å². The van der Waals surface area contributed by atoms with Gasteiger partial charge in [-0.3, -0.25) is 13.9 Å². The smallest absolute Gasteiger partial charge is 0.264 e. The number of rotatable bonds is 13. The second kappa shape index (κ2) is 14.9. The highest BCUT2D eigenvalue weighted by atomic mass is 35.5. The van der Waals surface area contributed by atoms with Crippen molar-refractivity contribution in [1.82, 2.24) is 10.2 Å². The molecular weight excluding hydrogens is 598 g/mol. The van der Waals surface area contributed by atoms with E-state index in [-0.39, 0.29) is 23.0 Å². The fraction of sp³-hybridized carbons (Fsp3) is 0.235. The van der Waals surface area contributed by atoms with Gasteiger partial charge in [0.15, 0.2) is 0 Å². The lowest BCUT2D eigenvalue weighted by Crippen LogP contribution is -2.52. The Morgan fingerprint density at radius 1 is 0.841 bits per heavy atom. The summed E-state index contributed by atoms with van der Waals surface area (Å²) in [7, 11) is -4.19. The molecule has 0 bridgehead atoms. The van der Waals surface area contributed by atoms with Crippen LogP contribution in [0.4, 0.5) is 5.69 Å². The number of benzene rings is 4. The lowest BCUT2D eigenvalue weighted by Gasteiger charge is -2.33. The molecule has 0 aliphatic rings. The molecule has 10 heteroatoms. The summed E-state index contributed by atoms with van der Waals surface area (Å²) in [6.07, 6.45) is 0.335. The number of ether oxygens (including phenoxy) is 1. The molecule has 4 rings (SSSR count). The number of aryl methyl sites for hydroxylation is 1. The Balaban J connectivity index is 1.72. The second-order valence-electron chi connectivity index (χ2n) is 10.2. The minimum absolute atomic E-state index is 0.0422. The summed E-state index contributed by atoms with van der Waals surface area (Å²) in [5.41, 5.74) is 1.92. The van der Waals surface area contributed by atoms with Crippen molar-refractivity contribution in [3.8, 4) is 11.5 Å². The van der Waals surface area contributed by atoms with Gasteiger partial charge in [0.25, 0.3) is 10.0 Å². The van der Waals surface area contributed by atoms with Gasteiger partial charge in [0.1, 0.15) is 24.1 Å². The van der Waals surface area contributed by atoms with E-state index < -0.39 is 28.5 Å². The van der Waals surface area contributed by atoms with Crippen molar-refractivity contribution in [2.75, 3.05) is 17.4 Å². The Hall–Kier alpha value is -4.34. The van der Waals surface area contributed by atoms with Crippen molar-refractivity contribution in [2.24, 2.45) is 0 Å². The number of nitrogens with one attached hydrogen (secondary N) is 1. The van der Waals surface area contributed by atoms with E-state index in [4.69, 9.17) is 16.3 Å². The van der Waals surface area contributed by atoms with Crippen molar-refractivity contribution in [3.63, 3.8) is 0 Å². The first-order chi connectivity index (χ1) is 21.1. The summed E-state index contributed by atoms with van der Waals surface area (Å²) >= 11 is 6.08. The average molecular weight is 634 g/mol. The predicted octanol–water partition coefficient (Wildman–Crippen LogP) is 6.58. The van der Waals surface area contributed by atoms with Crippen LogP contribution in [0.5, 0.6) is 11.5 Å². The number of halogens is 1. The third-order valence-corrected chi connectivity index (χ3v) is 9.03. The third kappa shape index (κ3) is 8.18. The van der Waals surface area contributed by atoms with Gasteiger partial charge in [0.05, 0.1) is 10.6 Å². The topological polar surface area (TPSA) is 96.0 Å². The molecule has 4 aromatic carbocycles. The van der Waals surface area contributed by atoms with Crippen LogP contribution in [0.3, 0.4) is 0 Å². The lowest BCUT2D eigenvalue weighted by atomic mass is 10.1. The Morgan fingerprint density at radius 3 is 2.05 bits per heavy atom. The van der Waals surface area contributed by atoms with E-state index >= 15 is 0 Å². The molecule has 2 amide bonds. The molecule has 8 nitrogen and oxygen atoms in total. The van der Waals surface area contributed by atoms with E-state index in [1.807, 2.05) is 44.2 Å². The molecule has 1 atom stereocenters. The van der Waals surface area contributed by atoms with Gasteiger partial charge in [-0.25, -0.2) is 8.42 Å². The molecule has 4 aromatic rings. The van der Waals surface area contributed by atoms with Crippen LogP contribution in [0.2, 0.25) is 5.02 Å².